The molecule has 0 aromatic rings. The van der Waals surface area contributed by atoms with Crippen LogP contribution in [0.25, 0.3) is 0 Å². The minimum atomic E-state index is -3.12. The highest BCUT2D eigenvalue weighted by molar-refractivity contribution is 7.91. The maximum atomic E-state index is 11.4. The third-order valence-corrected chi connectivity index (χ3v) is 4.01. The topological polar surface area (TPSA) is 89.3 Å². The molecule has 0 aromatic carbocycles. The van der Waals surface area contributed by atoms with Crippen LogP contribution in [0.5, 0.6) is 0 Å². The number of sulfone groups is 1. The van der Waals surface area contributed by atoms with Gasteiger partial charge >= 0.3 is 0 Å². The monoisotopic (exact) mass is 220 g/mol. The van der Waals surface area contributed by atoms with Crippen molar-refractivity contribution in [2.75, 3.05) is 18.1 Å². The number of primary amides is 1. The lowest BCUT2D eigenvalue weighted by molar-refractivity contribution is -0.117. The summed E-state index contributed by atoms with van der Waals surface area (Å²) in [6.45, 7) is 0.885. The number of hydrogen-bond donors (Lipinski definition) is 2. The Kier molecular flexibility index (Phi) is 3.88. The number of carbonyl (C=O) groups excluding carboxylic acids is 1. The van der Waals surface area contributed by atoms with Crippen molar-refractivity contribution in [3.05, 3.63) is 0 Å². The molecule has 82 valence electrons. The van der Waals surface area contributed by atoms with Gasteiger partial charge in [0.1, 0.15) is 0 Å². The fourth-order valence-electron chi connectivity index (χ4n) is 1.54. The second-order valence-electron chi connectivity index (χ2n) is 3.62. The summed E-state index contributed by atoms with van der Waals surface area (Å²) in [6, 6.07) is 0.0628. The molecule has 1 rings (SSSR count). The third kappa shape index (κ3) is 4.06. The Morgan fingerprint density at radius 3 is 2.71 bits per heavy atom. The SMILES string of the molecule is NC(=O)CCS(=O)(=O)C[C@H]1CCCN1. The van der Waals surface area contributed by atoms with Gasteiger partial charge in [-0.05, 0) is 19.4 Å². The molecule has 1 fully saturated rings. The van der Waals surface area contributed by atoms with Crippen LogP contribution in [0, 0.1) is 0 Å². The average Bonchev–Trinajstić information content (AvgIpc) is 2.53. The van der Waals surface area contributed by atoms with Crippen molar-refractivity contribution in [3.63, 3.8) is 0 Å². The zero-order valence-corrected chi connectivity index (χ0v) is 8.85. The molecule has 1 aliphatic heterocycles. The van der Waals surface area contributed by atoms with Crippen LogP contribution < -0.4 is 11.1 Å². The molecule has 1 amide bonds. The first-order valence-corrected chi connectivity index (χ1v) is 6.54. The average molecular weight is 220 g/mol. The molecular weight excluding hydrogens is 204 g/mol. The molecule has 0 saturated carbocycles. The molecule has 1 atom stereocenters. The molecule has 1 saturated heterocycles. The Hall–Kier alpha value is -0.620. The van der Waals surface area contributed by atoms with Crippen LogP contribution in [0.1, 0.15) is 19.3 Å². The molecule has 0 unspecified atom stereocenters. The molecule has 0 aliphatic carbocycles. The van der Waals surface area contributed by atoms with Gasteiger partial charge in [-0.15, -0.1) is 0 Å². The molecule has 6 heteroatoms. The van der Waals surface area contributed by atoms with Crippen molar-refractivity contribution in [1.29, 1.82) is 0 Å². The predicted octanol–water partition coefficient (Wildman–Crippen LogP) is -0.971. The fraction of sp³-hybridized carbons (Fsp3) is 0.875. The highest BCUT2D eigenvalue weighted by Gasteiger charge is 2.22. The van der Waals surface area contributed by atoms with Gasteiger partial charge in [0.25, 0.3) is 0 Å². The van der Waals surface area contributed by atoms with Gasteiger partial charge in [-0.3, -0.25) is 4.79 Å². The maximum Gasteiger partial charge on any atom is 0.218 e. The first-order chi connectivity index (χ1) is 6.49. The standard InChI is InChI=1S/C8H16N2O3S/c9-8(11)3-5-14(12,13)6-7-2-1-4-10-7/h7,10H,1-6H2,(H2,9,11)/t7-/m1/s1. The van der Waals surface area contributed by atoms with Crippen LogP contribution in [0.4, 0.5) is 0 Å². The van der Waals surface area contributed by atoms with Gasteiger partial charge in [0.2, 0.25) is 5.91 Å². The van der Waals surface area contributed by atoms with E-state index in [1.807, 2.05) is 0 Å². The first kappa shape index (κ1) is 11.5. The molecule has 14 heavy (non-hydrogen) atoms. The van der Waals surface area contributed by atoms with Gasteiger partial charge in [-0.2, -0.15) is 0 Å². The minimum absolute atomic E-state index is 0.0628. The van der Waals surface area contributed by atoms with Crippen LogP contribution in [0.15, 0.2) is 0 Å². The second kappa shape index (κ2) is 4.75. The largest absolute Gasteiger partial charge is 0.370 e. The summed E-state index contributed by atoms with van der Waals surface area (Å²) in [5.41, 5.74) is 4.89. The van der Waals surface area contributed by atoms with Crippen LogP contribution >= 0.6 is 0 Å². The van der Waals surface area contributed by atoms with Crippen molar-refractivity contribution >= 4 is 15.7 Å². The lowest BCUT2D eigenvalue weighted by Gasteiger charge is -2.09. The highest BCUT2D eigenvalue weighted by Crippen LogP contribution is 2.08. The fourth-order valence-corrected chi connectivity index (χ4v) is 3.12. The molecule has 3 N–H and O–H groups in total. The van der Waals surface area contributed by atoms with Gasteiger partial charge in [0, 0.05) is 12.5 Å². The van der Waals surface area contributed by atoms with Gasteiger partial charge in [-0.25, -0.2) is 8.42 Å². The lowest BCUT2D eigenvalue weighted by atomic mass is 10.3. The van der Waals surface area contributed by atoms with Crippen molar-refractivity contribution in [3.8, 4) is 0 Å². The molecule has 5 nitrogen and oxygen atoms in total. The van der Waals surface area contributed by atoms with Crippen molar-refractivity contribution in [2.45, 2.75) is 25.3 Å². The number of hydrogen-bond acceptors (Lipinski definition) is 4. The first-order valence-electron chi connectivity index (χ1n) is 4.72. The Balaban J connectivity index is 2.36. The van der Waals surface area contributed by atoms with E-state index in [0.29, 0.717) is 0 Å². The summed E-state index contributed by atoms with van der Waals surface area (Å²) in [4.78, 5) is 10.4. The molecule has 0 aromatic heterocycles. The lowest BCUT2D eigenvalue weighted by Crippen LogP contribution is -2.31. The molecular formula is C8H16N2O3S. The second-order valence-corrected chi connectivity index (χ2v) is 5.85. The number of nitrogens with two attached hydrogens (primary N) is 1. The summed E-state index contributed by atoms with van der Waals surface area (Å²) in [7, 11) is -3.12. The Bertz CT molecular complexity index is 294. The molecule has 1 aliphatic rings. The normalized spacial score (nSPS) is 22.4. The zero-order chi connectivity index (χ0) is 10.6. The summed E-state index contributed by atoms with van der Waals surface area (Å²) in [5.74, 6) is -0.561. The van der Waals surface area contributed by atoms with Crippen LogP contribution in [0.3, 0.4) is 0 Å². The summed E-state index contributed by atoms with van der Waals surface area (Å²) >= 11 is 0. The van der Waals surface area contributed by atoms with Gasteiger partial charge in [0.05, 0.1) is 11.5 Å². The van der Waals surface area contributed by atoms with Crippen LogP contribution in [0.2, 0.25) is 0 Å². The van der Waals surface area contributed by atoms with E-state index >= 15 is 0 Å². The van der Waals surface area contributed by atoms with Crippen molar-refractivity contribution < 1.29 is 13.2 Å². The van der Waals surface area contributed by atoms with E-state index in [1.54, 1.807) is 0 Å². The summed E-state index contributed by atoms with van der Waals surface area (Å²) in [6.07, 6.45) is 1.85. The van der Waals surface area contributed by atoms with E-state index in [2.05, 4.69) is 5.32 Å². The number of carbonyl (C=O) groups is 1. The molecule has 0 bridgehead atoms. The van der Waals surface area contributed by atoms with Gasteiger partial charge < -0.3 is 11.1 Å². The van der Waals surface area contributed by atoms with Crippen molar-refractivity contribution in [2.24, 2.45) is 5.73 Å². The smallest absolute Gasteiger partial charge is 0.218 e. The Labute approximate surface area is 84.0 Å². The number of amides is 1. The van der Waals surface area contributed by atoms with E-state index in [1.165, 1.54) is 0 Å². The minimum Gasteiger partial charge on any atom is -0.370 e. The third-order valence-electron chi connectivity index (χ3n) is 2.28. The molecule has 1 heterocycles. The van der Waals surface area contributed by atoms with Gasteiger partial charge in [0.15, 0.2) is 9.84 Å². The van der Waals surface area contributed by atoms with Crippen LogP contribution in [-0.2, 0) is 14.6 Å². The number of nitrogens with one attached hydrogen (secondary N) is 1. The van der Waals surface area contributed by atoms with E-state index in [-0.39, 0.29) is 24.0 Å². The zero-order valence-electron chi connectivity index (χ0n) is 8.03. The van der Waals surface area contributed by atoms with Gasteiger partial charge in [-0.1, -0.05) is 0 Å². The van der Waals surface area contributed by atoms with E-state index < -0.39 is 15.7 Å². The quantitative estimate of drug-likeness (QED) is 0.624. The number of rotatable bonds is 5. The highest BCUT2D eigenvalue weighted by atomic mass is 32.2. The molecule has 0 radical (unpaired) electrons. The van der Waals surface area contributed by atoms with E-state index in [4.69, 9.17) is 5.73 Å². The Morgan fingerprint density at radius 2 is 2.21 bits per heavy atom. The van der Waals surface area contributed by atoms with E-state index in [9.17, 15) is 13.2 Å². The van der Waals surface area contributed by atoms with Crippen molar-refractivity contribution in [1.82, 2.24) is 5.32 Å². The predicted molar refractivity (Wildman–Crippen MR) is 53.5 cm³/mol. The maximum absolute atomic E-state index is 11.4. The molecule has 0 spiro atoms. The Morgan fingerprint density at radius 1 is 1.50 bits per heavy atom. The summed E-state index contributed by atoms with van der Waals surface area (Å²) in [5, 5.41) is 3.10. The summed E-state index contributed by atoms with van der Waals surface area (Å²) < 4.78 is 22.9. The van der Waals surface area contributed by atoms with E-state index in [0.717, 1.165) is 19.4 Å². The van der Waals surface area contributed by atoms with Crippen LogP contribution in [-0.4, -0.2) is 38.4 Å².